The van der Waals surface area contributed by atoms with E-state index in [4.69, 9.17) is 14.2 Å². The summed E-state index contributed by atoms with van der Waals surface area (Å²) < 4.78 is 17.2. The highest BCUT2D eigenvalue weighted by Crippen LogP contribution is 2.48. The number of ether oxygens (including phenoxy) is 3. The molecule has 0 amide bonds. The molecule has 0 aromatic rings. The minimum Gasteiger partial charge on any atom is -0.331 e. The highest BCUT2D eigenvalue weighted by Gasteiger charge is 2.51. The van der Waals surface area contributed by atoms with E-state index >= 15 is 0 Å². The topological polar surface area (TPSA) is 27.7 Å². The molecule has 2 aliphatic rings. The van der Waals surface area contributed by atoms with Gasteiger partial charge >= 0.3 is 0 Å². The van der Waals surface area contributed by atoms with E-state index < -0.39 is 5.97 Å². The molecule has 3 atom stereocenters. The number of halogens is 1. The molecule has 0 bridgehead atoms. The maximum absolute atomic E-state index is 5.98. The molecule has 1 aliphatic heterocycles. The molecular formula is C14H25BrO3. The predicted octanol–water partition coefficient (Wildman–Crippen LogP) is 3.56. The fourth-order valence-electron chi connectivity index (χ4n) is 3.76. The van der Waals surface area contributed by atoms with Crippen molar-refractivity contribution >= 4 is 15.9 Å². The van der Waals surface area contributed by atoms with Crippen molar-refractivity contribution < 1.29 is 14.2 Å². The summed E-state index contributed by atoms with van der Waals surface area (Å²) in [5.74, 6) is 0.966. The normalized spacial score (nSPS) is 35.2. The van der Waals surface area contributed by atoms with Crippen molar-refractivity contribution in [3.63, 3.8) is 0 Å². The van der Waals surface area contributed by atoms with E-state index in [1.54, 1.807) is 14.2 Å². The van der Waals surface area contributed by atoms with Crippen LogP contribution in [-0.2, 0) is 14.2 Å². The summed E-state index contributed by atoms with van der Waals surface area (Å²) in [5, 5.41) is 1.03. The maximum atomic E-state index is 5.98. The molecule has 0 aromatic heterocycles. The Labute approximate surface area is 119 Å². The average Bonchev–Trinajstić information content (AvgIpc) is 2.44. The molecule has 1 saturated carbocycles. The number of hydrogen-bond acceptors (Lipinski definition) is 3. The van der Waals surface area contributed by atoms with Gasteiger partial charge in [-0.05, 0) is 37.5 Å². The Morgan fingerprint density at radius 1 is 1.22 bits per heavy atom. The Morgan fingerprint density at radius 3 is 2.61 bits per heavy atom. The van der Waals surface area contributed by atoms with Crippen LogP contribution in [-0.4, -0.2) is 32.1 Å². The fraction of sp³-hybridized carbons (Fsp3) is 1.00. The summed E-state index contributed by atoms with van der Waals surface area (Å²) in [4.78, 5) is 0. The van der Waals surface area contributed by atoms with Gasteiger partial charge in [0, 0.05) is 25.5 Å². The molecule has 106 valence electrons. The number of alkyl halides is 1. The van der Waals surface area contributed by atoms with Crippen LogP contribution >= 0.6 is 15.9 Å². The van der Waals surface area contributed by atoms with Crippen LogP contribution in [0.5, 0.6) is 0 Å². The molecule has 1 saturated heterocycles. The molecule has 2 fully saturated rings. The standard InChI is InChI=1S/C14H25BrO3/c1-16-14(17-2)13(8-5-9-15)12-7-4-3-6-11(12)10-18-14/h11-13H,3-10H2,1-2H3/t11-,12+,13-/m0/s1. The molecule has 4 heteroatoms. The van der Waals surface area contributed by atoms with E-state index in [2.05, 4.69) is 15.9 Å². The summed E-state index contributed by atoms with van der Waals surface area (Å²) in [6.45, 7) is 0.789. The summed E-state index contributed by atoms with van der Waals surface area (Å²) in [7, 11) is 3.40. The van der Waals surface area contributed by atoms with Gasteiger partial charge in [0.1, 0.15) is 0 Å². The van der Waals surface area contributed by atoms with Gasteiger partial charge in [-0.3, -0.25) is 0 Å². The monoisotopic (exact) mass is 320 g/mol. The minimum atomic E-state index is -0.805. The van der Waals surface area contributed by atoms with Crippen molar-refractivity contribution in [1.29, 1.82) is 0 Å². The number of methoxy groups -OCH3 is 2. The second-order valence-electron chi connectivity index (χ2n) is 5.47. The van der Waals surface area contributed by atoms with Crippen LogP contribution in [0.1, 0.15) is 38.5 Å². The first kappa shape index (κ1) is 14.8. The van der Waals surface area contributed by atoms with Gasteiger partial charge in [0.15, 0.2) is 0 Å². The van der Waals surface area contributed by atoms with Crippen LogP contribution in [0, 0.1) is 17.8 Å². The molecule has 1 aliphatic carbocycles. The van der Waals surface area contributed by atoms with E-state index in [9.17, 15) is 0 Å². The third kappa shape index (κ3) is 2.77. The molecule has 2 rings (SSSR count). The van der Waals surface area contributed by atoms with Crippen molar-refractivity contribution in [3.8, 4) is 0 Å². The molecule has 0 radical (unpaired) electrons. The van der Waals surface area contributed by atoms with Gasteiger partial charge < -0.3 is 14.2 Å². The van der Waals surface area contributed by atoms with E-state index in [-0.39, 0.29) is 0 Å². The highest BCUT2D eigenvalue weighted by molar-refractivity contribution is 9.09. The Hall–Kier alpha value is 0.360. The van der Waals surface area contributed by atoms with E-state index in [0.717, 1.165) is 24.8 Å². The highest BCUT2D eigenvalue weighted by atomic mass is 79.9. The second kappa shape index (κ2) is 6.69. The van der Waals surface area contributed by atoms with Crippen LogP contribution in [0.15, 0.2) is 0 Å². The largest absolute Gasteiger partial charge is 0.331 e. The SMILES string of the molecule is COC1(OC)OC[C@@H]2CCCC[C@H]2[C@@H]1CCCBr. The molecule has 0 N–H and O–H groups in total. The van der Waals surface area contributed by atoms with Gasteiger partial charge in [-0.25, -0.2) is 0 Å². The molecular weight excluding hydrogens is 296 g/mol. The average molecular weight is 321 g/mol. The smallest absolute Gasteiger partial charge is 0.285 e. The van der Waals surface area contributed by atoms with Crippen LogP contribution < -0.4 is 0 Å². The summed E-state index contributed by atoms with van der Waals surface area (Å²) >= 11 is 3.52. The number of rotatable bonds is 5. The third-order valence-corrected chi connectivity index (χ3v) is 5.22. The molecule has 0 spiro atoms. The van der Waals surface area contributed by atoms with E-state index in [0.29, 0.717) is 17.8 Å². The maximum Gasteiger partial charge on any atom is 0.285 e. The van der Waals surface area contributed by atoms with Gasteiger partial charge in [0.25, 0.3) is 5.97 Å². The van der Waals surface area contributed by atoms with Crippen LogP contribution in [0.25, 0.3) is 0 Å². The third-order valence-electron chi connectivity index (χ3n) is 4.66. The Bertz CT molecular complexity index is 255. The minimum absolute atomic E-state index is 0.365. The summed E-state index contributed by atoms with van der Waals surface area (Å²) in [6, 6.07) is 0. The van der Waals surface area contributed by atoms with Crippen LogP contribution in [0.3, 0.4) is 0 Å². The van der Waals surface area contributed by atoms with Gasteiger partial charge in [0.2, 0.25) is 0 Å². The zero-order chi connectivity index (χ0) is 13.0. The predicted molar refractivity (Wildman–Crippen MR) is 74.7 cm³/mol. The van der Waals surface area contributed by atoms with Gasteiger partial charge in [0.05, 0.1) is 6.61 Å². The Balaban J connectivity index is 2.15. The molecule has 18 heavy (non-hydrogen) atoms. The lowest BCUT2D eigenvalue weighted by Crippen LogP contribution is -2.55. The summed E-state index contributed by atoms with van der Waals surface area (Å²) in [6.07, 6.45) is 7.55. The number of fused-ring (bicyclic) bond motifs is 1. The number of hydrogen-bond donors (Lipinski definition) is 0. The lowest BCUT2D eigenvalue weighted by atomic mass is 9.69. The zero-order valence-corrected chi connectivity index (χ0v) is 13.1. The zero-order valence-electron chi connectivity index (χ0n) is 11.5. The van der Waals surface area contributed by atoms with E-state index in [1.165, 1.54) is 25.7 Å². The van der Waals surface area contributed by atoms with Crippen molar-refractivity contribution in [2.45, 2.75) is 44.5 Å². The van der Waals surface area contributed by atoms with Crippen LogP contribution in [0.2, 0.25) is 0 Å². The van der Waals surface area contributed by atoms with Gasteiger partial charge in [-0.15, -0.1) is 0 Å². The first-order valence-corrected chi connectivity index (χ1v) is 8.19. The Morgan fingerprint density at radius 2 is 1.94 bits per heavy atom. The summed E-state index contributed by atoms with van der Waals surface area (Å²) in [5.41, 5.74) is 0. The fourth-order valence-corrected chi connectivity index (χ4v) is 4.08. The first-order valence-electron chi connectivity index (χ1n) is 7.07. The van der Waals surface area contributed by atoms with Crippen molar-refractivity contribution in [1.82, 2.24) is 0 Å². The van der Waals surface area contributed by atoms with Gasteiger partial charge in [-0.2, -0.15) is 0 Å². The van der Waals surface area contributed by atoms with Crippen molar-refractivity contribution in [2.24, 2.45) is 17.8 Å². The lowest BCUT2D eigenvalue weighted by Gasteiger charge is -2.50. The van der Waals surface area contributed by atoms with Crippen LogP contribution in [0.4, 0.5) is 0 Å². The Kier molecular flexibility index (Phi) is 5.48. The second-order valence-corrected chi connectivity index (χ2v) is 6.26. The molecule has 1 heterocycles. The van der Waals surface area contributed by atoms with Crippen molar-refractivity contribution in [3.05, 3.63) is 0 Å². The van der Waals surface area contributed by atoms with Gasteiger partial charge in [-0.1, -0.05) is 28.8 Å². The lowest BCUT2D eigenvalue weighted by molar-refractivity contribution is -0.418. The quantitative estimate of drug-likeness (QED) is 0.572. The first-order chi connectivity index (χ1) is 8.77. The molecule has 0 aromatic carbocycles. The van der Waals surface area contributed by atoms with Crippen molar-refractivity contribution in [2.75, 3.05) is 26.2 Å². The molecule has 0 unspecified atom stereocenters. The molecule has 3 nitrogen and oxygen atoms in total. The van der Waals surface area contributed by atoms with E-state index in [1.807, 2.05) is 0 Å².